The largest absolute Gasteiger partial charge is 0.465 e. The monoisotopic (exact) mass is 508 g/mol. The lowest BCUT2D eigenvalue weighted by Gasteiger charge is -2.66. The van der Waals surface area contributed by atoms with Crippen LogP contribution in [0, 0.1) is 28.6 Å². The summed E-state index contributed by atoms with van der Waals surface area (Å²) in [5, 5.41) is 24.3. The van der Waals surface area contributed by atoms with Gasteiger partial charge in [-0.15, -0.1) is 0 Å². The molecule has 4 aliphatic carbocycles. The van der Waals surface area contributed by atoms with Gasteiger partial charge in [-0.3, -0.25) is 19.2 Å². The predicted octanol–water partition coefficient (Wildman–Crippen LogP) is 2.48. The van der Waals surface area contributed by atoms with Gasteiger partial charge in [0.25, 0.3) is 0 Å². The van der Waals surface area contributed by atoms with Gasteiger partial charge in [0.2, 0.25) is 0 Å². The van der Waals surface area contributed by atoms with Crippen molar-refractivity contribution >= 4 is 23.7 Å². The number of carbonyl (C=O) groups is 4. The van der Waals surface area contributed by atoms with Gasteiger partial charge in [0.05, 0.1) is 17.8 Å². The zero-order chi connectivity index (χ0) is 26.5. The van der Waals surface area contributed by atoms with Gasteiger partial charge in [-0.05, 0) is 63.2 Å². The molecule has 36 heavy (non-hydrogen) atoms. The summed E-state index contributed by atoms with van der Waals surface area (Å²) in [6.45, 7) is 5.72. The van der Waals surface area contributed by atoms with E-state index in [9.17, 15) is 29.4 Å². The summed E-state index contributed by atoms with van der Waals surface area (Å²) < 4.78 is 16.0. The minimum atomic E-state index is -1.20. The summed E-state index contributed by atoms with van der Waals surface area (Å²) in [5.41, 5.74) is -3.76. The first-order valence-electron chi connectivity index (χ1n) is 13.2. The Morgan fingerprint density at radius 2 is 1.47 bits per heavy atom. The minimum Gasteiger partial charge on any atom is -0.465 e. The van der Waals surface area contributed by atoms with Gasteiger partial charge < -0.3 is 24.4 Å². The lowest BCUT2D eigenvalue weighted by atomic mass is 9.41. The van der Waals surface area contributed by atoms with E-state index in [0.29, 0.717) is 51.4 Å². The lowest BCUT2D eigenvalue weighted by molar-refractivity contribution is -0.272. The van der Waals surface area contributed by atoms with Crippen LogP contribution < -0.4 is 0 Å². The van der Waals surface area contributed by atoms with Gasteiger partial charge in [0.15, 0.2) is 5.78 Å². The first-order valence-corrected chi connectivity index (χ1v) is 13.2. The van der Waals surface area contributed by atoms with E-state index in [1.54, 1.807) is 0 Å². The normalized spacial score (nSPS) is 43.4. The van der Waals surface area contributed by atoms with Crippen LogP contribution in [-0.2, 0) is 33.4 Å². The van der Waals surface area contributed by atoms with Crippen molar-refractivity contribution in [3.05, 3.63) is 0 Å². The third-order valence-electron chi connectivity index (χ3n) is 10.3. The molecule has 0 spiro atoms. The van der Waals surface area contributed by atoms with Crippen molar-refractivity contribution in [2.75, 3.05) is 13.2 Å². The standard InChI is InChI=1S/C27H40O9/c1-16(28)34-14-23(31)22-8-12-27(33)21-7-11-26(32)13-19(36-18(3)30)5-10-25(26,15-35-17(2)29)20(21)6-9-24(22,27)4/h19-22,32-33H,5-15H2,1-4H3/t19-,20-,21+,22+,24+,25-,26-,27-/m0/s1. The molecule has 2 N–H and O–H groups in total. The Labute approximate surface area is 212 Å². The molecule has 9 nitrogen and oxygen atoms in total. The molecule has 4 fully saturated rings. The van der Waals surface area contributed by atoms with Crippen molar-refractivity contribution in [2.24, 2.45) is 28.6 Å². The number of hydrogen-bond donors (Lipinski definition) is 2. The van der Waals surface area contributed by atoms with Crippen molar-refractivity contribution in [1.82, 2.24) is 0 Å². The van der Waals surface area contributed by atoms with Crippen LogP contribution in [0.2, 0.25) is 0 Å². The average molecular weight is 509 g/mol. The van der Waals surface area contributed by atoms with E-state index < -0.39 is 46.0 Å². The Hall–Kier alpha value is -2.00. The van der Waals surface area contributed by atoms with Crippen LogP contribution in [0.5, 0.6) is 0 Å². The molecule has 0 aromatic heterocycles. The van der Waals surface area contributed by atoms with Gasteiger partial charge in [-0.2, -0.15) is 0 Å². The molecule has 0 aromatic rings. The number of fused-ring (bicyclic) bond motifs is 5. The summed E-state index contributed by atoms with van der Waals surface area (Å²) in [6.07, 6.45) is 4.10. The molecule has 8 atom stereocenters. The number of Topliss-reactive ketones (excluding diaryl/α,β-unsaturated/α-hetero) is 1. The molecule has 0 aliphatic heterocycles. The summed E-state index contributed by atoms with van der Waals surface area (Å²) >= 11 is 0. The highest BCUT2D eigenvalue weighted by atomic mass is 16.5. The van der Waals surface area contributed by atoms with Gasteiger partial charge in [0, 0.05) is 43.9 Å². The Morgan fingerprint density at radius 1 is 0.806 bits per heavy atom. The molecular weight excluding hydrogens is 468 g/mol. The van der Waals surface area contributed by atoms with Crippen LogP contribution in [0.4, 0.5) is 0 Å². The fourth-order valence-electron chi connectivity index (χ4n) is 8.64. The number of carbonyl (C=O) groups excluding carboxylic acids is 4. The maximum absolute atomic E-state index is 13.0. The fraction of sp³-hybridized carbons (Fsp3) is 0.852. The number of aliphatic hydroxyl groups is 2. The number of ketones is 1. The molecule has 9 heteroatoms. The van der Waals surface area contributed by atoms with Crippen molar-refractivity contribution in [3.63, 3.8) is 0 Å². The molecule has 0 radical (unpaired) electrons. The molecule has 0 aromatic carbocycles. The Bertz CT molecular complexity index is 932. The van der Waals surface area contributed by atoms with E-state index in [0.717, 1.165) is 0 Å². The van der Waals surface area contributed by atoms with Crippen molar-refractivity contribution in [2.45, 2.75) is 103 Å². The molecule has 4 aliphatic rings. The molecule has 0 amide bonds. The van der Waals surface area contributed by atoms with Crippen LogP contribution >= 0.6 is 0 Å². The highest BCUT2D eigenvalue weighted by Gasteiger charge is 2.72. The zero-order valence-corrected chi connectivity index (χ0v) is 21.8. The van der Waals surface area contributed by atoms with E-state index in [4.69, 9.17) is 14.2 Å². The minimum absolute atomic E-state index is 0.0500. The van der Waals surface area contributed by atoms with Crippen LogP contribution in [0.25, 0.3) is 0 Å². The number of esters is 3. The Morgan fingerprint density at radius 3 is 2.11 bits per heavy atom. The lowest BCUT2D eigenvalue weighted by Crippen LogP contribution is -2.69. The molecule has 4 saturated carbocycles. The van der Waals surface area contributed by atoms with Crippen molar-refractivity contribution < 1.29 is 43.6 Å². The second-order valence-electron chi connectivity index (χ2n) is 11.9. The summed E-state index contributed by atoms with van der Waals surface area (Å²) in [4.78, 5) is 47.8. The van der Waals surface area contributed by atoms with Crippen LogP contribution in [0.3, 0.4) is 0 Å². The fourth-order valence-corrected chi connectivity index (χ4v) is 8.64. The average Bonchev–Trinajstić information content (AvgIpc) is 3.06. The van der Waals surface area contributed by atoms with Crippen LogP contribution in [0.1, 0.15) is 85.5 Å². The Kier molecular flexibility index (Phi) is 7.05. The maximum atomic E-state index is 13.0. The van der Waals surface area contributed by atoms with Crippen LogP contribution in [0.15, 0.2) is 0 Å². The van der Waals surface area contributed by atoms with E-state index in [1.807, 2.05) is 6.92 Å². The second-order valence-corrected chi connectivity index (χ2v) is 11.9. The van der Waals surface area contributed by atoms with E-state index >= 15 is 0 Å². The van der Waals surface area contributed by atoms with Gasteiger partial charge in [-0.1, -0.05) is 6.92 Å². The van der Waals surface area contributed by atoms with Gasteiger partial charge in [0.1, 0.15) is 12.7 Å². The number of hydrogen-bond acceptors (Lipinski definition) is 9. The SMILES string of the molecule is CC(=O)OCC(=O)[C@H]1CC[C@]2(O)[C@@H]3CC[C@]4(O)C[C@@H](OC(C)=O)CC[C@]4(COC(C)=O)[C@H]3CC[C@]12C. The topological polar surface area (TPSA) is 136 Å². The first kappa shape index (κ1) is 27.0. The van der Waals surface area contributed by atoms with E-state index in [1.165, 1.54) is 20.8 Å². The van der Waals surface area contributed by atoms with Crippen molar-refractivity contribution in [1.29, 1.82) is 0 Å². The third-order valence-corrected chi connectivity index (χ3v) is 10.3. The summed E-state index contributed by atoms with van der Waals surface area (Å²) in [5.74, 6) is -2.18. The molecular formula is C27H40O9. The predicted molar refractivity (Wildman–Crippen MR) is 126 cm³/mol. The smallest absolute Gasteiger partial charge is 0.303 e. The number of rotatable bonds is 6. The quantitative estimate of drug-likeness (QED) is 0.409. The molecule has 0 bridgehead atoms. The second kappa shape index (κ2) is 9.39. The summed E-state index contributed by atoms with van der Waals surface area (Å²) in [7, 11) is 0. The van der Waals surface area contributed by atoms with Crippen molar-refractivity contribution in [3.8, 4) is 0 Å². The highest BCUT2D eigenvalue weighted by molar-refractivity contribution is 5.85. The summed E-state index contributed by atoms with van der Waals surface area (Å²) in [6, 6.07) is 0. The third kappa shape index (κ3) is 4.16. The molecule has 202 valence electrons. The zero-order valence-electron chi connectivity index (χ0n) is 21.8. The van der Waals surface area contributed by atoms with Gasteiger partial charge in [-0.25, -0.2) is 0 Å². The van der Waals surface area contributed by atoms with E-state index in [-0.39, 0.29) is 43.2 Å². The Balaban J connectivity index is 1.65. The highest BCUT2D eigenvalue weighted by Crippen LogP contribution is 2.70. The molecule has 0 heterocycles. The molecule has 4 rings (SSSR count). The number of ether oxygens (including phenoxy) is 3. The molecule has 0 unspecified atom stereocenters. The maximum Gasteiger partial charge on any atom is 0.303 e. The molecule has 0 saturated heterocycles. The van der Waals surface area contributed by atoms with E-state index in [2.05, 4.69) is 0 Å². The first-order chi connectivity index (χ1) is 16.8. The van der Waals surface area contributed by atoms with Gasteiger partial charge >= 0.3 is 17.9 Å². The van der Waals surface area contributed by atoms with Crippen LogP contribution in [-0.4, -0.2) is 64.4 Å².